The number of carbonyl (C=O) groups is 1. The molecule has 2 aromatic rings. The molecule has 2 fully saturated rings. The highest BCUT2D eigenvalue weighted by atomic mass is 32.1. The number of aromatic nitrogens is 2. The summed E-state index contributed by atoms with van der Waals surface area (Å²) < 4.78 is 0. The van der Waals surface area contributed by atoms with Crippen molar-refractivity contribution in [1.82, 2.24) is 19.8 Å². The van der Waals surface area contributed by atoms with Gasteiger partial charge in [-0.2, -0.15) is 0 Å². The van der Waals surface area contributed by atoms with Crippen LogP contribution < -0.4 is 0 Å². The fraction of sp³-hybridized carbons (Fsp3) is 0.571. The third-order valence-electron chi connectivity index (χ3n) is 6.36. The van der Waals surface area contributed by atoms with Crippen LogP contribution in [0.5, 0.6) is 0 Å². The molecule has 1 unspecified atom stereocenters. The highest BCUT2D eigenvalue weighted by Crippen LogP contribution is 2.41. The molecule has 0 aromatic carbocycles. The van der Waals surface area contributed by atoms with Gasteiger partial charge in [-0.15, -0.1) is 11.3 Å². The number of aryl methyl sites for hydroxylation is 2. The lowest BCUT2D eigenvalue weighted by Crippen LogP contribution is -2.36. The van der Waals surface area contributed by atoms with Crippen molar-refractivity contribution in [3.63, 3.8) is 0 Å². The van der Waals surface area contributed by atoms with E-state index >= 15 is 0 Å². The molecule has 2 aliphatic heterocycles. The van der Waals surface area contributed by atoms with Crippen LogP contribution in [-0.4, -0.2) is 45.3 Å². The zero-order chi connectivity index (χ0) is 18.3. The Morgan fingerprint density at radius 2 is 2.00 bits per heavy atom. The van der Waals surface area contributed by atoms with E-state index in [1.807, 2.05) is 34.4 Å². The number of amides is 1. The van der Waals surface area contributed by atoms with Crippen LogP contribution in [-0.2, 0) is 30.7 Å². The van der Waals surface area contributed by atoms with Gasteiger partial charge in [0.1, 0.15) is 5.01 Å². The number of thiazole rings is 1. The Bertz CT molecular complexity index is 812. The van der Waals surface area contributed by atoms with Crippen LogP contribution in [0.1, 0.15) is 47.0 Å². The molecule has 0 N–H and O–H groups in total. The Kier molecular flexibility index (Phi) is 4.48. The first-order valence-corrected chi connectivity index (χ1v) is 10.9. The number of hydrogen-bond donors (Lipinski definition) is 0. The van der Waals surface area contributed by atoms with Gasteiger partial charge in [0, 0.05) is 24.2 Å². The standard InChI is InChI=1S/C21H26N4OS/c26-20-21(9-12-25(20)13-16-5-3-4-10-22-16)8-11-24(15-21)14-19-23-17-6-1-2-7-18(17)27-19/h3-5,10H,1-2,6-9,11-15H2. The molecular formula is C21H26N4OS. The SMILES string of the molecule is O=C1N(Cc2ccccn2)CCC12CCN(Cc1nc3c(s1)CCCC3)C2. The van der Waals surface area contributed by atoms with Gasteiger partial charge in [-0.05, 0) is 57.2 Å². The quantitative estimate of drug-likeness (QED) is 0.816. The fourth-order valence-corrected chi connectivity index (χ4v) is 6.07. The molecule has 1 atom stereocenters. The molecule has 0 bridgehead atoms. The van der Waals surface area contributed by atoms with Crippen molar-refractivity contribution < 1.29 is 4.79 Å². The van der Waals surface area contributed by atoms with Gasteiger partial charge in [-0.25, -0.2) is 4.98 Å². The van der Waals surface area contributed by atoms with Gasteiger partial charge in [0.2, 0.25) is 5.91 Å². The number of hydrogen-bond acceptors (Lipinski definition) is 5. The van der Waals surface area contributed by atoms with Crippen LogP contribution in [0.15, 0.2) is 24.4 Å². The molecule has 1 spiro atoms. The molecule has 4 heterocycles. The molecule has 2 saturated heterocycles. The van der Waals surface area contributed by atoms with Gasteiger partial charge in [0.25, 0.3) is 0 Å². The largest absolute Gasteiger partial charge is 0.336 e. The van der Waals surface area contributed by atoms with Gasteiger partial charge in [0.15, 0.2) is 0 Å². The minimum Gasteiger partial charge on any atom is -0.336 e. The second kappa shape index (κ2) is 6.99. The van der Waals surface area contributed by atoms with Crippen LogP contribution in [0.4, 0.5) is 0 Å². The maximum atomic E-state index is 13.1. The summed E-state index contributed by atoms with van der Waals surface area (Å²) in [6.45, 7) is 4.30. The Labute approximate surface area is 164 Å². The second-order valence-electron chi connectivity index (χ2n) is 8.22. The molecule has 27 heavy (non-hydrogen) atoms. The molecule has 3 aliphatic rings. The van der Waals surface area contributed by atoms with Crippen molar-refractivity contribution in [3.05, 3.63) is 45.7 Å². The van der Waals surface area contributed by atoms with Crippen molar-refractivity contribution in [3.8, 4) is 0 Å². The summed E-state index contributed by atoms with van der Waals surface area (Å²) >= 11 is 1.90. The fourth-order valence-electron chi connectivity index (χ4n) is 4.87. The Balaban J connectivity index is 1.23. The molecule has 0 saturated carbocycles. The number of pyridine rings is 1. The Hall–Kier alpha value is -1.79. The van der Waals surface area contributed by atoms with Crippen molar-refractivity contribution in [2.75, 3.05) is 19.6 Å². The topological polar surface area (TPSA) is 49.3 Å². The van der Waals surface area contributed by atoms with Crippen molar-refractivity contribution in [2.45, 2.75) is 51.6 Å². The van der Waals surface area contributed by atoms with Crippen molar-refractivity contribution in [1.29, 1.82) is 0 Å². The van der Waals surface area contributed by atoms with Crippen LogP contribution >= 0.6 is 11.3 Å². The summed E-state index contributed by atoms with van der Waals surface area (Å²) in [5.41, 5.74) is 2.14. The Morgan fingerprint density at radius 3 is 2.85 bits per heavy atom. The summed E-state index contributed by atoms with van der Waals surface area (Å²) in [6, 6.07) is 5.91. The maximum Gasteiger partial charge on any atom is 0.230 e. The van der Waals surface area contributed by atoms with E-state index in [0.29, 0.717) is 12.5 Å². The van der Waals surface area contributed by atoms with E-state index < -0.39 is 0 Å². The van der Waals surface area contributed by atoms with E-state index in [9.17, 15) is 4.79 Å². The first kappa shape index (κ1) is 17.3. The minimum atomic E-state index is -0.175. The number of fused-ring (bicyclic) bond motifs is 1. The lowest BCUT2D eigenvalue weighted by Gasteiger charge is -2.23. The normalized spacial score (nSPS) is 25.5. The highest BCUT2D eigenvalue weighted by molar-refractivity contribution is 7.11. The number of nitrogens with zero attached hydrogens (tertiary/aromatic N) is 4. The number of likely N-dealkylation sites (tertiary alicyclic amines) is 2. The predicted octanol–water partition coefficient (Wildman–Crippen LogP) is 3.04. The first-order valence-electron chi connectivity index (χ1n) is 10.1. The minimum absolute atomic E-state index is 0.175. The van der Waals surface area contributed by atoms with Gasteiger partial charge in [-0.3, -0.25) is 14.7 Å². The third-order valence-corrected chi connectivity index (χ3v) is 7.50. The zero-order valence-electron chi connectivity index (χ0n) is 15.7. The first-order chi connectivity index (χ1) is 13.2. The summed E-state index contributed by atoms with van der Waals surface area (Å²) in [5.74, 6) is 0.328. The zero-order valence-corrected chi connectivity index (χ0v) is 16.5. The van der Waals surface area contributed by atoms with E-state index in [-0.39, 0.29) is 5.41 Å². The van der Waals surface area contributed by atoms with Gasteiger partial charge in [-0.1, -0.05) is 6.07 Å². The molecule has 5 nitrogen and oxygen atoms in total. The molecule has 5 rings (SSSR count). The van der Waals surface area contributed by atoms with Crippen LogP contribution in [0.3, 0.4) is 0 Å². The van der Waals surface area contributed by atoms with E-state index in [2.05, 4.69) is 9.88 Å². The lowest BCUT2D eigenvalue weighted by atomic mass is 9.85. The molecule has 1 amide bonds. The number of rotatable bonds is 4. The van der Waals surface area contributed by atoms with Gasteiger partial charge >= 0.3 is 0 Å². The van der Waals surface area contributed by atoms with E-state index in [1.54, 1.807) is 6.20 Å². The third kappa shape index (κ3) is 3.29. The molecule has 6 heteroatoms. The van der Waals surface area contributed by atoms with Crippen LogP contribution in [0.2, 0.25) is 0 Å². The average Bonchev–Trinajstić information content (AvgIpc) is 3.37. The van der Waals surface area contributed by atoms with Crippen molar-refractivity contribution >= 4 is 17.2 Å². The Morgan fingerprint density at radius 1 is 1.11 bits per heavy atom. The van der Waals surface area contributed by atoms with Gasteiger partial charge < -0.3 is 4.90 Å². The van der Waals surface area contributed by atoms with Crippen LogP contribution in [0, 0.1) is 5.41 Å². The van der Waals surface area contributed by atoms with Crippen LogP contribution in [0.25, 0.3) is 0 Å². The van der Waals surface area contributed by atoms with E-state index in [4.69, 9.17) is 4.98 Å². The lowest BCUT2D eigenvalue weighted by molar-refractivity contribution is -0.136. The summed E-state index contributed by atoms with van der Waals surface area (Å²) in [5, 5.41) is 1.25. The highest BCUT2D eigenvalue weighted by Gasteiger charge is 2.50. The van der Waals surface area contributed by atoms with E-state index in [0.717, 1.165) is 51.1 Å². The monoisotopic (exact) mass is 382 g/mol. The van der Waals surface area contributed by atoms with E-state index in [1.165, 1.54) is 34.8 Å². The molecule has 1 aliphatic carbocycles. The summed E-state index contributed by atoms with van der Waals surface area (Å²) in [7, 11) is 0. The van der Waals surface area contributed by atoms with Crippen molar-refractivity contribution in [2.24, 2.45) is 5.41 Å². The number of carbonyl (C=O) groups excluding carboxylic acids is 1. The second-order valence-corrected chi connectivity index (χ2v) is 9.39. The molecule has 2 aromatic heterocycles. The smallest absolute Gasteiger partial charge is 0.230 e. The molecule has 0 radical (unpaired) electrons. The predicted molar refractivity (Wildman–Crippen MR) is 105 cm³/mol. The average molecular weight is 383 g/mol. The summed E-state index contributed by atoms with van der Waals surface area (Å²) in [6.07, 6.45) is 8.70. The summed E-state index contributed by atoms with van der Waals surface area (Å²) in [4.78, 5) is 28.4. The molecule has 142 valence electrons. The maximum absolute atomic E-state index is 13.1. The van der Waals surface area contributed by atoms with Gasteiger partial charge in [0.05, 0.1) is 29.9 Å². The molecular weight excluding hydrogens is 356 g/mol.